The fraction of sp³-hybridized carbons (Fsp3) is 0.538. The molecule has 0 amide bonds. The molecule has 1 aromatic rings. The number of nitrogens with one attached hydrogen (secondary N) is 1. The number of hydrogen-bond donors (Lipinski definition) is 1. The molecule has 7 heteroatoms. The van der Waals surface area contributed by atoms with Gasteiger partial charge in [-0.1, -0.05) is 29.8 Å². The minimum atomic E-state index is -3.98. The van der Waals surface area contributed by atoms with Gasteiger partial charge in [0, 0.05) is 17.9 Å². The first-order valence-corrected chi connectivity index (χ1v) is 8.91. The van der Waals surface area contributed by atoms with Crippen molar-refractivity contribution in [2.24, 2.45) is 5.41 Å². The molecule has 1 rings (SSSR count). The standard InChI is InChI=1S/C13H18BrF2NO2S/c1-3-13(4-2,8-14)9-17-20(18,19)12-6-5-10(15)7-11(12)16/h5-7,17H,3-4,8-9H2,1-2H3. The zero-order valence-corrected chi connectivity index (χ0v) is 13.8. The van der Waals surface area contributed by atoms with Crippen molar-refractivity contribution in [3.63, 3.8) is 0 Å². The number of halogens is 3. The zero-order chi connectivity index (χ0) is 15.4. The fourth-order valence-corrected chi connectivity index (χ4v) is 3.96. The maximum absolute atomic E-state index is 13.5. The van der Waals surface area contributed by atoms with Crippen LogP contribution < -0.4 is 4.72 Å². The van der Waals surface area contributed by atoms with Crippen LogP contribution in [0.3, 0.4) is 0 Å². The van der Waals surface area contributed by atoms with E-state index in [9.17, 15) is 17.2 Å². The summed E-state index contributed by atoms with van der Waals surface area (Å²) in [5.74, 6) is -1.90. The molecule has 0 saturated heterocycles. The topological polar surface area (TPSA) is 46.2 Å². The van der Waals surface area contributed by atoms with E-state index >= 15 is 0 Å². The zero-order valence-electron chi connectivity index (χ0n) is 11.4. The average Bonchev–Trinajstić information content (AvgIpc) is 2.40. The molecule has 0 aliphatic heterocycles. The monoisotopic (exact) mass is 369 g/mol. The highest BCUT2D eigenvalue weighted by Gasteiger charge is 2.28. The molecule has 0 aliphatic rings. The molecule has 0 radical (unpaired) electrons. The van der Waals surface area contributed by atoms with E-state index in [2.05, 4.69) is 20.7 Å². The molecule has 1 aromatic carbocycles. The quantitative estimate of drug-likeness (QED) is 0.748. The van der Waals surface area contributed by atoms with Crippen molar-refractivity contribution in [1.82, 2.24) is 4.72 Å². The summed E-state index contributed by atoms with van der Waals surface area (Å²) in [5.41, 5.74) is -0.219. The Bertz CT molecular complexity index is 551. The minimum absolute atomic E-state index is 0.199. The van der Waals surface area contributed by atoms with Gasteiger partial charge in [-0.3, -0.25) is 0 Å². The molecule has 0 aliphatic carbocycles. The second-order valence-electron chi connectivity index (χ2n) is 4.74. The number of benzene rings is 1. The summed E-state index contributed by atoms with van der Waals surface area (Å²) in [6.07, 6.45) is 1.56. The first-order chi connectivity index (χ1) is 9.30. The van der Waals surface area contributed by atoms with Gasteiger partial charge in [-0.15, -0.1) is 0 Å². The number of rotatable bonds is 7. The molecular weight excluding hydrogens is 352 g/mol. The van der Waals surface area contributed by atoms with E-state index in [1.807, 2.05) is 13.8 Å². The maximum atomic E-state index is 13.5. The number of sulfonamides is 1. The molecule has 20 heavy (non-hydrogen) atoms. The smallest absolute Gasteiger partial charge is 0.210 e. The Morgan fingerprint density at radius 1 is 1.25 bits per heavy atom. The summed E-state index contributed by atoms with van der Waals surface area (Å²) in [5, 5.41) is 0.640. The summed E-state index contributed by atoms with van der Waals surface area (Å²) in [7, 11) is -3.98. The fourth-order valence-electron chi connectivity index (χ4n) is 1.76. The van der Waals surface area contributed by atoms with Crippen molar-refractivity contribution >= 4 is 26.0 Å². The molecule has 0 aromatic heterocycles. The predicted octanol–water partition coefficient (Wildman–Crippen LogP) is 3.44. The molecule has 0 bridgehead atoms. The Kier molecular flexibility index (Phi) is 6.09. The number of hydrogen-bond acceptors (Lipinski definition) is 2. The average molecular weight is 370 g/mol. The first-order valence-electron chi connectivity index (χ1n) is 6.31. The van der Waals surface area contributed by atoms with E-state index in [1.54, 1.807) is 0 Å². The highest BCUT2D eigenvalue weighted by molar-refractivity contribution is 9.09. The molecule has 0 fully saturated rings. The lowest BCUT2D eigenvalue weighted by Crippen LogP contribution is -2.38. The third kappa shape index (κ3) is 3.99. The molecular formula is C13H18BrF2NO2S. The van der Waals surface area contributed by atoms with E-state index in [0.29, 0.717) is 11.4 Å². The van der Waals surface area contributed by atoms with E-state index in [0.717, 1.165) is 25.0 Å². The van der Waals surface area contributed by atoms with Gasteiger partial charge in [-0.05, 0) is 30.4 Å². The lowest BCUT2D eigenvalue weighted by Gasteiger charge is -2.29. The van der Waals surface area contributed by atoms with Crippen molar-refractivity contribution in [2.75, 3.05) is 11.9 Å². The Morgan fingerprint density at radius 3 is 2.30 bits per heavy atom. The van der Waals surface area contributed by atoms with E-state index in [4.69, 9.17) is 0 Å². The predicted molar refractivity (Wildman–Crippen MR) is 78.4 cm³/mol. The van der Waals surface area contributed by atoms with Crippen LogP contribution in [-0.4, -0.2) is 20.3 Å². The third-order valence-corrected chi connectivity index (χ3v) is 6.23. The van der Waals surface area contributed by atoms with Gasteiger partial charge >= 0.3 is 0 Å². The third-order valence-electron chi connectivity index (χ3n) is 3.60. The second kappa shape index (κ2) is 6.95. The van der Waals surface area contributed by atoms with Gasteiger partial charge in [0.15, 0.2) is 0 Å². The van der Waals surface area contributed by atoms with Gasteiger partial charge in [-0.25, -0.2) is 21.9 Å². The van der Waals surface area contributed by atoms with Crippen LogP contribution in [0.1, 0.15) is 26.7 Å². The highest BCUT2D eigenvalue weighted by atomic mass is 79.9. The number of alkyl halides is 1. The Labute approximate surface area is 126 Å². The molecule has 0 saturated carbocycles. The Balaban J connectivity index is 2.96. The van der Waals surface area contributed by atoms with Crippen LogP contribution in [0.15, 0.2) is 23.1 Å². The van der Waals surface area contributed by atoms with Crippen LogP contribution >= 0.6 is 15.9 Å². The van der Waals surface area contributed by atoms with Crippen LogP contribution in [0.2, 0.25) is 0 Å². The van der Waals surface area contributed by atoms with Crippen LogP contribution in [0.25, 0.3) is 0 Å². The molecule has 1 N–H and O–H groups in total. The largest absolute Gasteiger partial charge is 0.243 e. The SMILES string of the molecule is CCC(CC)(CBr)CNS(=O)(=O)c1ccc(F)cc1F. The molecule has 0 spiro atoms. The van der Waals surface area contributed by atoms with Crippen LogP contribution in [0.4, 0.5) is 8.78 Å². The van der Waals surface area contributed by atoms with Gasteiger partial charge in [0.05, 0.1) is 0 Å². The molecule has 0 heterocycles. The van der Waals surface area contributed by atoms with Crippen LogP contribution in [0.5, 0.6) is 0 Å². The van der Waals surface area contributed by atoms with Crippen molar-refractivity contribution in [3.8, 4) is 0 Å². The van der Waals surface area contributed by atoms with E-state index < -0.39 is 26.6 Å². The van der Waals surface area contributed by atoms with Crippen molar-refractivity contribution in [2.45, 2.75) is 31.6 Å². The molecule has 114 valence electrons. The van der Waals surface area contributed by atoms with Crippen molar-refractivity contribution in [1.29, 1.82) is 0 Å². The summed E-state index contributed by atoms with van der Waals surface area (Å²) in [6.45, 7) is 4.14. The molecule has 0 atom stereocenters. The second-order valence-corrected chi connectivity index (χ2v) is 7.04. The molecule has 0 unspecified atom stereocenters. The van der Waals surface area contributed by atoms with Gasteiger partial charge in [0.1, 0.15) is 16.5 Å². The normalized spacial score (nSPS) is 12.7. The van der Waals surface area contributed by atoms with Crippen LogP contribution in [0, 0.1) is 17.0 Å². The van der Waals surface area contributed by atoms with Crippen molar-refractivity contribution in [3.05, 3.63) is 29.8 Å². The Hall–Kier alpha value is -0.530. The summed E-state index contributed by atoms with van der Waals surface area (Å²) >= 11 is 3.38. The first kappa shape index (κ1) is 17.5. The van der Waals surface area contributed by atoms with Gasteiger partial charge in [0.25, 0.3) is 0 Å². The molecule has 3 nitrogen and oxygen atoms in total. The maximum Gasteiger partial charge on any atom is 0.243 e. The Morgan fingerprint density at radius 2 is 1.85 bits per heavy atom. The minimum Gasteiger partial charge on any atom is -0.210 e. The summed E-state index contributed by atoms with van der Waals surface area (Å²) in [6, 6.07) is 2.42. The summed E-state index contributed by atoms with van der Waals surface area (Å²) in [4.78, 5) is -0.533. The van der Waals surface area contributed by atoms with Crippen molar-refractivity contribution < 1.29 is 17.2 Å². The highest BCUT2D eigenvalue weighted by Crippen LogP contribution is 2.28. The lowest BCUT2D eigenvalue weighted by atomic mass is 9.85. The van der Waals surface area contributed by atoms with Gasteiger partial charge < -0.3 is 0 Å². The van der Waals surface area contributed by atoms with E-state index in [-0.39, 0.29) is 12.0 Å². The van der Waals surface area contributed by atoms with Gasteiger partial charge in [-0.2, -0.15) is 0 Å². The lowest BCUT2D eigenvalue weighted by molar-refractivity contribution is 0.309. The van der Waals surface area contributed by atoms with Gasteiger partial charge in [0.2, 0.25) is 10.0 Å². The van der Waals surface area contributed by atoms with Crippen LogP contribution in [-0.2, 0) is 10.0 Å². The summed E-state index contributed by atoms with van der Waals surface area (Å²) < 4.78 is 52.9. The van der Waals surface area contributed by atoms with E-state index in [1.165, 1.54) is 0 Å².